The van der Waals surface area contributed by atoms with Crippen LogP contribution in [0.5, 0.6) is 0 Å². The summed E-state index contributed by atoms with van der Waals surface area (Å²) in [6.45, 7) is 11.5. The van der Waals surface area contributed by atoms with Gasteiger partial charge in [-0.25, -0.2) is 0 Å². The second-order valence-electron chi connectivity index (χ2n) is 12.9. The predicted octanol–water partition coefficient (Wildman–Crippen LogP) is 4.63. The Morgan fingerprint density at radius 1 is 0.967 bits per heavy atom. The monoisotopic (exact) mass is 413 g/mol. The minimum atomic E-state index is -0.628. The molecule has 3 nitrogen and oxygen atoms in total. The summed E-state index contributed by atoms with van der Waals surface area (Å²) in [4.78, 5) is 2.98. The van der Waals surface area contributed by atoms with Crippen LogP contribution in [0, 0.1) is 46.3 Å². The van der Waals surface area contributed by atoms with E-state index in [0.29, 0.717) is 11.3 Å². The Morgan fingerprint density at radius 3 is 2.57 bits per heavy atom. The number of aliphatic hydroxyl groups excluding tert-OH is 2. The molecule has 30 heavy (non-hydrogen) atoms. The van der Waals surface area contributed by atoms with Crippen molar-refractivity contribution in [3.8, 4) is 0 Å². The Kier molecular flexibility index (Phi) is 4.44. The first-order valence-corrected chi connectivity index (χ1v) is 13.1. The van der Waals surface area contributed by atoms with Crippen LogP contribution in [0.25, 0.3) is 0 Å². The van der Waals surface area contributed by atoms with Gasteiger partial charge in [0.15, 0.2) is 0 Å². The number of fused-ring (bicyclic) bond motifs is 9. The molecule has 0 bridgehead atoms. The molecule has 0 amide bonds. The second-order valence-corrected chi connectivity index (χ2v) is 12.9. The van der Waals surface area contributed by atoms with Crippen molar-refractivity contribution in [1.29, 1.82) is 0 Å². The highest BCUT2D eigenvalue weighted by Crippen LogP contribution is 2.69. The van der Waals surface area contributed by atoms with E-state index in [2.05, 4.69) is 38.7 Å². The van der Waals surface area contributed by atoms with E-state index >= 15 is 0 Å². The van der Waals surface area contributed by atoms with Gasteiger partial charge in [-0.05, 0) is 103 Å². The van der Waals surface area contributed by atoms with Gasteiger partial charge in [0.1, 0.15) is 6.10 Å². The molecule has 2 aliphatic heterocycles. The highest BCUT2D eigenvalue weighted by molar-refractivity contribution is 5.29. The number of allylic oxidation sites excluding steroid dienone is 1. The number of hydrogen-bond acceptors (Lipinski definition) is 3. The van der Waals surface area contributed by atoms with Crippen molar-refractivity contribution >= 4 is 0 Å². The van der Waals surface area contributed by atoms with Gasteiger partial charge in [-0.1, -0.05) is 33.8 Å². The van der Waals surface area contributed by atoms with Gasteiger partial charge in [-0.2, -0.15) is 0 Å². The van der Waals surface area contributed by atoms with Gasteiger partial charge in [0.05, 0.1) is 6.10 Å². The Balaban J connectivity index is 1.33. The van der Waals surface area contributed by atoms with E-state index in [-0.39, 0.29) is 5.41 Å². The predicted molar refractivity (Wildman–Crippen MR) is 120 cm³/mol. The largest absolute Gasteiger partial charge is 0.390 e. The van der Waals surface area contributed by atoms with Crippen LogP contribution in [0.2, 0.25) is 0 Å². The van der Waals surface area contributed by atoms with Gasteiger partial charge in [0, 0.05) is 18.6 Å². The first-order chi connectivity index (χ1) is 14.3. The van der Waals surface area contributed by atoms with Crippen molar-refractivity contribution in [3.63, 3.8) is 0 Å². The van der Waals surface area contributed by atoms with Crippen molar-refractivity contribution < 1.29 is 10.2 Å². The highest BCUT2D eigenvalue weighted by atomic mass is 16.3. The number of nitrogens with zero attached hydrogens (tertiary/aromatic N) is 1. The zero-order chi connectivity index (χ0) is 21.0. The van der Waals surface area contributed by atoms with E-state index < -0.39 is 12.2 Å². The van der Waals surface area contributed by atoms with Crippen LogP contribution in [-0.4, -0.2) is 45.9 Å². The van der Waals surface area contributed by atoms with Crippen molar-refractivity contribution in [2.45, 2.75) is 103 Å². The van der Waals surface area contributed by atoms with Gasteiger partial charge < -0.3 is 10.2 Å². The lowest BCUT2D eigenvalue weighted by molar-refractivity contribution is -0.0802. The van der Waals surface area contributed by atoms with Crippen molar-refractivity contribution in [2.75, 3.05) is 6.54 Å². The van der Waals surface area contributed by atoms with Crippen LogP contribution in [0.3, 0.4) is 0 Å². The molecule has 6 aliphatic rings. The maximum Gasteiger partial charge on any atom is 0.101 e. The molecule has 0 aromatic heterocycles. The summed E-state index contributed by atoms with van der Waals surface area (Å²) in [5.74, 6) is 4.91. The number of aliphatic hydroxyl groups is 2. The van der Waals surface area contributed by atoms with Crippen LogP contribution in [0.15, 0.2) is 11.6 Å². The van der Waals surface area contributed by atoms with Crippen LogP contribution in [-0.2, 0) is 0 Å². The Bertz CT molecular complexity index is 749. The first-order valence-electron chi connectivity index (χ1n) is 13.1. The Labute approximate surface area is 183 Å². The molecule has 0 radical (unpaired) electrons. The first kappa shape index (κ1) is 20.2. The zero-order valence-electron chi connectivity index (χ0n) is 19.6. The van der Waals surface area contributed by atoms with Crippen LogP contribution in [0.4, 0.5) is 0 Å². The molecule has 3 heteroatoms. The minimum absolute atomic E-state index is 0.106. The molecule has 12 atom stereocenters. The lowest BCUT2D eigenvalue weighted by atomic mass is 9.46. The van der Waals surface area contributed by atoms with Gasteiger partial charge in [-0.15, -0.1) is 0 Å². The zero-order valence-corrected chi connectivity index (χ0v) is 19.6. The molecule has 0 unspecified atom stereocenters. The van der Waals surface area contributed by atoms with E-state index in [0.717, 1.165) is 60.9 Å². The highest BCUT2D eigenvalue weighted by Gasteiger charge is 2.66. The quantitative estimate of drug-likeness (QED) is 0.569. The van der Waals surface area contributed by atoms with E-state index in [4.69, 9.17) is 0 Å². The number of rotatable bonds is 0. The smallest absolute Gasteiger partial charge is 0.101 e. The molecule has 0 aromatic rings. The van der Waals surface area contributed by atoms with Gasteiger partial charge in [0.2, 0.25) is 0 Å². The Hall–Kier alpha value is -0.380. The summed E-state index contributed by atoms with van der Waals surface area (Å²) in [6.07, 6.45) is 11.1. The fraction of sp³-hybridized carbons (Fsp3) is 0.926. The molecule has 0 spiro atoms. The molecule has 2 heterocycles. The summed E-state index contributed by atoms with van der Waals surface area (Å²) in [6, 6.07) is 1.66. The molecule has 168 valence electrons. The summed E-state index contributed by atoms with van der Waals surface area (Å²) < 4.78 is 0. The van der Waals surface area contributed by atoms with Crippen LogP contribution < -0.4 is 0 Å². The summed E-state index contributed by atoms with van der Waals surface area (Å²) >= 11 is 0. The molecule has 2 saturated heterocycles. The lowest BCUT2D eigenvalue weighted by Crippen LogP contribution is -2.54. The third-order valence-electron chi connectivity index (χ3n) is 11.8. The van der Waals surface area contributed by atoms with Crippen LogP contribution in [0.1, 0.15) is 79.1 Å². The number of piperidine rings is 1. The molecular weight excluding hydrogens is 370 g/mol. The van der Waals surface area contributed by atoms with Gasteiger partial charge in [-0.3, -0.25) is 4.90 Å². The topological polar surface area (TPSA) is 43.7 Å². The fourth-order valence-corrected chi connectivity index (χ4v) is 10.5. The molecule has 0 aromatic carbocycles. The van der Waals surface area contributed by atoms with Crippen molar-refractivity contribution in [3.05, 3.63) is 11.6 Å². The van der Waals surface area contributed by atoms with E-state index in [9.17, 15) is 10.2 Å². The van der Waals surface area contributed by atoms with Crippen LogP contribution >= 0.6 is 0 Å². The maximum absolute atomic E-state index is 10.8. The Morgan fingerprint density at radius 2 is 1.77 bits per heavy atom. The van der Waals surface area contributed by atoms with Gasteiger partial charge >= 0.3 is 0 Å². The fourth-order valence-electron chi connectivity index (χ4n) is 10.5. The molecule has 2 N–H and O–H groups in total. The summed E-state index contributed by atoms with van der Waals surface area (Å²) in [5.41, 5.74) is 1.79. The standard InChI is InChI=1S/C27H43NO2/c1-15-5-8-21-16(2)24-22(28(21)14-15)13-20-17-6-7-19-25(30)23(29)10-12-26(19,3)18(17)9-11-27(20,24)4/h7,15-18,20-25,29-30H,5-6,8-14H2,1-4H3/t15-,16+,17+,18-,20-,21+,22-,23-,24-,25+,26+,27-/m0/s1. The third-order valence-corrected chi connectivity index (χ3v) is 11.8. The average Bonchev–Trinajstić information content (AvgIpc) is 3.17. The third kappa shape index (κ3) is 2.44. The minimum Gasteiger partial charge on any atom is -0.390 e. The van der Waals surface area contributed by atoms with E-state index in [1.54, 1.807) is 0 Å². The normalized spacial score (nSPS) is 60.1. The molecule has 3 saturated carbocycles. The average molecular weight is 414 g/mol. The second kappa shape index (κ2) is 6.58. The summed E-state index contributed by atoms with van der Waals surface area (Å²) in [7, 11) is 0. The van der Waals surface area contributed by atoms with E-state index in [1.807, 2.05) is 0 Å². The van der Waals surface area contributed by atoms with Gasteiger partial charge in [0.25, 0.3) is 0 Å². The van der Waals surface area contributed by atoms with Crippen molar-refractivity contribution in [2.24, 2.45) is 46.3 Å². The lowest BCUT2D eigenvalue weighted by Gasteiger charge is -2.59. The molecule has 6 rings (SSSR count). The molecule has 4 aliphatic carbocycles. The van der Waals surface area contributed by atoms with Crippen molar-refractivity contribution in [1.82, 2.24) is 4.90 Å². The maximum atomic E-state index is 10.8. The number of hydrogen-bond donors (Lipinski definition) is 2. The molecule has 5 fully saturated rings. The summed E-state index contributed by atoms with van der Waals surface area (Å²) in [5, 5.41) is 21.1. The molecular formula is C27H43NO2. The SMILES string of the molecule is C[C@H]1CC[C@@H]2[C@@H](C)[C@H]3[C@H](C[C@H]4[C@@H]5CC=C6[C@@H](O)[C@@H](O)CC[C@]6(C)[C@H]5CC[C@]34C)N2C1. The van der Waals surface area contributed by atoms with E-state index in [1.165, 1.54) is 44.2 Å².